The quantitative estimate of drug-likeness (QED) is 0.720. The Kier molecular flexibility index (Phi) is 2.58. The van der Waals surface area contributed by atoms with Crippen molar-refractivity contribution in [2.45, 2.75) is 6.92 Å². The van der Waals surface area contributed by atoms with Crippen molar-refractivity contribution in [3.8, 4) is 0 Å². The van der Waals surface area contributed by atoms with Gasteiger partial charge in [0.15, 0.2) is 0 Å². The highest BCUT2D eigenvalue weighted by Gasteiger charge is 2.02. The summed E-state index contributed by atoms with van der Waals surface area (Å²) in [6, 6.07) is 6.27. The van der Waals surface area contributed by atoms with Crippen LogP contribution < -0.4 is 10.2 Å². The molecule has 0 unspecified atom stereocenters. The molecule has 0 spiro atoms. The molecular formula is C10H16N2. The van der Waals surface area contributed by atoms with Gasteiger partial charge in [-0.2, -0.15) is 0 Å². The minimum Gasteiger partial charge on any atom is -0.388 e. The summed E-state index contributed by atoms with van der Waals surface area (Å²) in [5, 5.41) is 3.16. The lowest BCUT2D eigenvalue weighted by molar-refractivity contribution is 1.11. The van der Waals surface area contributed by atoms with Gasteiger partial charge in [-0.1, -0.05) is 6.07 Å². The Labute approximate surface area is 74.2 Å². The molecule has 12 heavy (non-hydrogen) atoms. The second-order valence-corrected chi connectivity index (χ2v) is 3.09. The molecule has 1 aromatic rings. The minimum atomic E-state index is 1.20. The Morgan fingerprint density at radius 1 is 1.25 bits per heavy atom. The van der Waals surface area contributed by atoms with E-state index in [0.717, 1.165) is 0 Å². The maximum absolute atomic E-state index is 3.16. The van der Waals surface area contributed by atoms with E-state index in [0.29, 0.717) is 0 Å². The van der Waals surface area contributed by atoms with Crippen LogP contribution in [-0.4, -0.2) is 21.1 Å². The summed E-state index contributed by atoms with van der Waals surface area (Å²) in [6.07, 6.45) is 0. The Bertz CT molecular complexity index is 267. The molecule has 0 aliphatic carbocycles. The van der Waals surface area contributed by atoms with Gasteiger partial charge >= 0.3 is 0 Å². The highest BCUT2D eigenvalue weighted by Crippen LogP contribution is 2.24. The summed E-state index contributed by atoms with van der Waals surface area (Å²) in [5.41, 5.74) is 3.76. The Hall–Kier alpha value is -1.18. The molecule has 1 aromatic carbocycles. The highest BCUT2D eigenvalue weighted by molar-refractivity contribution is 5.65. The van der Waals surface area contributed by atoms with Crippen LogP contribution in [0.3, 0.4) is 0 Å². The zero-order chi connectivity index (χ0) is 9.14. The lowest BCUT2D eigenvalue weighted by atomic mass is 10.1. The molecular weight excluding hydrogens is 148 g/mol. The van der Waals surface area contributed by atoms with Gasteiger partial charge in [0.05, 0.1) is 0 Å². The molecule has 0 radical (unpaired) electrons. The van der Waals surface area contributed by atoms with E-state index in [9.17, 15) is 0 Å². The van der Waals surface area contributed by atoms with Gasteiger partial charge in [-0.05, 0) is 24.6 Å². The summed E-state index contributed by atoms with van der Waals surface area (Å²) in [5.74, 6) is 0. The first-order valence-corrected chi connectivity index (χ1v) is 4.11. The molecule has 0 atom stereocenters. The monoisotopic (exact) mass is 164 g/mol. The molecule has 0 heterocycles. The van der Waals surface area contributed by atoms with Crippen molar-refractivity contribution in [1.29, 1.82) is 0 Å². The SMILES string of the molecule is CNc1cccc(N(C)C)c1C. The summed E-state index contributed by atoms with van der Waals surface area (Å²) in [6.45, 7) is 2.13. The van der Waals surface area contributed by atoms with Crippen LogP contribution in [0.15, 0.2) is 18.2 Å². The first-order chi connectivity index (χ1) is 5.66. The average Bonchev–Trinajstić information content (AvgIpc) is 2.04. The molecule has 0 aliphatic rings. The topological polar surface area (TPSA) is 15.3 Å². The third-order valence-corrected chi connectivity index (χ3v) is 2.06. The van der Waals surface area contributed by atoms with Crippen molar-refractivity contribution in [2.24, 2.45) is 0 Å². The number of benzene rings is 1. The fourth-order valence-electron chi connectivity index (χ4n) is 1.38. The van der Waals surface area contributed by atoms with E-state index >= 15 is 0 Å². The van der Waals surface area contributed by atoms with Crippen LogP contribution in [0.5, 0.6) is 0 Å². The molecule has 0 bridgehead atoms. The van der Waals surface area contributed by atoms with Crippen molar-refractivity contribution in [2.75, 3.05) is 31.4 Å². The number of anilines is 2. The number of nitrogens with zero attached hydrogens (tertiary/aromatic N) is 1. The third kappa shape index (κ3) is 1.52. The van der Waals surface area contributed by atoms with Gasteiger partial charge in [0.2, 0.25) is 0 Å². The van der Waals surface area contributed by atoms with E-state index in [-0.39, 0.29) is 0 Å². The van der Waals surface area contributed by atoms with Crippen molar-refractivity contribution < 1.29 is 0 Å². The van der Waals surface area contributed by atoms with Crippen molar-refractivity contribution >= 4 is 11.4 Å². The summed E-state index contributed by atoms with van der Waals surface area (Å²) in [7, 11) is 6.06. The molecule has 0 aliphatic heterocycles. The first kappa shape index (κ1) is 8.91. The van der Waals surface area contributed by atoms with Gasteiger partial charge in [0, 0.05) is 32.5 Å². The molecule has 0 saturated heterocycles. The van der Waals surface area contributed by atoms with E-state index in [1.807, 2.05) is 7.05 Å². The lowest BCUT2D eigenvalue weighted by Crippen LogP contribution is -2.10. The average molecular weight is 164 g/mol. The molecule has 0 saturated carbocycles. The van der Waals surface area contributed by atoms with Crippen molar-refractivity contribution in [3.63, 3.8) is 0 Å². The fourth-order valence-corrected chi connectivity index (χ4v) is 1.38. The smallest absolute Gasteiger partial charge is 0.0411 e. The van der Waals surface area contributed by atoms with Crippen LogP contribution in [0.4, 0.5) is 11.4 Å². The normalized spacial score (nSPS) is 9.67. The molecule has 2 heteroatoms. The molecule has 0 aromatic heterocycles. The van der Waals surface area contributed by atoms with Gasteiger partial charge < -0.3 is 10.2 Å². The van der Waals surface area contributed by atoms with E-state index in [4.69, 9.17) is 0 Å². The van der Waals surface area contributed by atoms with E-state index in [1.165, 1.54) is 16.9 Å². The Morgan fingerprint density at radius 2 is 1.92 bits per heavy atom. The number of hydrogen-bond donors (Lipinski definition) is 1. The molecule has 66 valence electrons. The molecule has 0 fully saturated rings. The number of hydrogen-bond acceptors (Lipinski definition) is 2. The second-order valence-electron chi connectivity index (χ2n) is 3.09. The summed E-state index contributed by atoms with van der Waals surface area (Å²) >= 11 is 0. The van der Waals surface area contributed by atoms with Crippen LogP contribution in [0.25, 0.3) is 0 Å². The van der Waals surface area contributed by atoms with Gasteiger partial charge in [0.25, 0.3) is 0 Å². The molecule has 1 N–H and O–H groups in total. The van der Waals surface area contributed by atoms with Gasteiger partial charge in [-0.15, -0.1) is 0 Å². The van der Waals surface area contributed by atoms with Crippen LogP contribution in [0.2, 0.25) is 0 Å². The lowest BCUT2D eigenvalue weighted by Gasteiger charge is -2.17. The van der Waals surface area contributed by atoms with Gasteiger partial charge in [-0.25, -0.2) is 0 Å². The first-order valence-electron chi connectivity index (χ1n) is 4.11. The van der Waals surface area contributed by atoms with Crippen LogP contribution in [0, 0.1) is 6.92 Å². The zero-order valence-corrected chi connectivity index (χ0v) is 8.18. The number of rotatable bonds is 2. The fraction of sp³-hybridized carbons (Fsp3) is 0.400. The van der Waals surface area contributed by atoms with Gasteiger partial charge in [-0.3, -0.25) is 0 Å². The van der Waals surface area contributed by atoms with Gasteiger partial charge in [0.1, 0.15) is 0 Å². The predicted octanol–water partition coefficient (Wildman–Crippen LogP) is 2.10. The second kappa shape index (κ2) is 3.48. The van der Waals surface area contributed by atoms with E-state index in [1.54, 1.807) is 0 Å². The van der Waals surface area contributed by atoms with Crippen molar-refractivity contribution in [1.82, 2.24) is 0 Å². The van der Waals surface area contributed by atoms with Crippen LogP contribution >= 0.6 is 0 Å². The highest BCUT2D eigenvalue weighted by atomic mass is 15.1. The van der Waals surface area contributed by atoms with E-state index < -0.39 is 0 Å². The summed E-state index contributed by atoms with van der Waals surface area (Å²) < 4.78 is 0. The van der Waals surface area contributed by atoms with Crippen LogP contribution in [-0.2, 0) is 0 Å². The minimum absolute atomic E-state index is 1.20. The van der Waals surface area contributed by atoms with E-state index in [2.05, 4.69) is 49.4 Å². The zero-order valence-electron chi connectivity index (χ0n) is 8.18. The molecule has 0 amide bonds. The van der Waals surface area contributed by atoms with Crippen molar-refractivity contribution in [3.05, 3.63) is 23.8 Å². The molecule has 1 rings (SSSR count). The predicted molar refractivity (Wildman–Crippen MR) is 55.1 cm³/mol. The number of nitrogens with one attached hydrogen (secondary N) is 1. The Morgan fingerprint density at radius 3 is 2.42 bits per heavy atom. The molecule has 2 nitrogen and oxygen atoms in total. The largest absolute Gasteiger partial charge is 0.388 e. The Balaban J connectivity index is 3.14. The maximum atomic E-state index is 3.16. The maximum Gasteiger partial charge on any atom is 0.0411 e. The third-order valence-electron chi connectivity index (χ3n) is 2.06. The van der Waals surface area contributed by atoms with Crippen LogP contribution in [0.1, 0.15) is 5.56 Å². The standard InChI is InChI=1S/C10H16N2/c1-8-9(11-2)6-5-7-10(8)12(3)4/h5-7,11H,1-4H3. The summed E-state index contributed by atoms with van der Waals surface area (Å²) in [4.78, 5) is 2.12.